The average molecular weight is 478 g/mol. The van der Waals surface area contributed by atoms with Crippen LogP contribution in [0.3, 0.4) is 0 Å². The number of amides is 1. The maximum atomic E-state index is 14.0. The number of para-hydroxylation sites is 1. The van der Waals surface area contributed by atoms with Crippen LogP contribution in [0.2, 0.25) is 0 Å². The lowest BCUT2D eigenvalue weighted by atomic mass is 10.1. The number of rotatable bonds is 8. The normalized spacial score (nSPS) is 13.2. The molecule has 0 radical (unpaired) electrons. The Hall–Kier alpha value is -3.52. The van der Waals surface area contributed by atoms with Crippen molar-refractivity contribution in [2.75, 3.05) is 13.3 Å². The third kappa shape index (κ3) is 4.72. The molecule has 1 fully saturated rings. The first-order chi connectivity index (χ1) is 16.5. The Balaban J connectivity index is 1.45. The van der Waals surface area contributed by atoms with Crippen LogP contribution in [0, 0.1) is 5.82 Å². The second-order valence-electron chi connectivity index (χ2n) is 8.46. The van der Waals surface area contributed by atoms with Gasteiger partial charge in [-0.15, -0.1) is 11.3 Å². The first kappa shape index (κ1) is 22.3. The molecule has 1 saturated carbocycles. The SMILES string of the molecule is CC(=O)OCN(CCc1c[nH]c2ccccc12)C(=O)c1nc(C2CC2)sc1-c1cccc(F)c1. The zero-order valence-corrected chi connectivity index (χ0v) is 19.5. The van der Waals surface area contributed by atoms with Crippen LogP contribution in [0.15, 0.2) is 54.7 Å². The quantitative estimate of drug-likeness (QED) is 0.268. The smallest absolute Gasteiger partial charge is 0.304 e. The predicted octanol–water partition coefficient (Wildman–Crippen LogP) is 5.51. The third-order valence-electron chi connectivity index (χ3n) is 5.90. The highest BCUT2D eigenvalue weighted by molar-refractivity contribution is 7.15. The fourth-order valence-corrected chi connectivity index (χ4v) is 5.17. The van der Waals surface area contributed by atoms with Gasteiger partial charge in [0.25, 0.3) is 5.91 Å². The molecule has 5 rings (SSSR count). The number of aromatic amines is 1. The van der Waals surface area contributed by atoms with Crippen LogP contribution >= 0.6 is 11.3 Å². The fourth-order valence-electron chi connectivity index (χ4n) is 3.95. The molecule has 0 aliphatic heterocycles. The Kier molecular flexibility index (Phi) is 6.15. The summed E-state index contributed by atoms with van der Waals surface area (Å²) in [6, 6.07) is 14.2. The Bertz CT molecular complexity index is 1360. The monoisotopic (exact) mass is 477 g/mol. The van der Waals surface area contributed by atoms with Gasteiger partial charge in [0, 0.05) is 36.5 Å². The minimum atomic E-state index is -0.466. The van der Waals surface area contributed by atoms with Gasteiger partial charge in [-0.05, 0) is 48.6 Å². The molecule has 2 aromatic carbocycles. The van der Waals surface area contributed by atoms with Crippen LogP contribution in [0.4, 0.5) is 4.39 Å². The number of esters is 1. The molecule has 2 aromatic heterocycles. The molecule has 2 heterocycles. The summed E-state index contributed by atoms with van der Waals surface area (Å²) in [6.07, 6.45) is 4.60. The van der Waals surface area contributed by atoms with Gasteiger partial charge < -0.3 is 14.6 Å². The van der Waals surface area contributed by atoms with E-state index in [1.54, 1.807) is 12.1 Å². The zero-order chi connectivity index (χ0) is 23.7. The molecule has 6 nitrogen and oxygen atoms in total. The van der Waals surface area contributed by atoms with E-state index in [4.69, 9.17) is 4.74 Å². The molecule has 1 amide bonds. The van der Waals surface area contributed by atoms with Crippen molar-refractivity contribution in [1.82, 2.24) is 14.9 Å². The van der Waals surface area contributed by atoms with Crippen molar-refractivity contribution < 1.29 is 18.7 Å². The standard InChI is InChI=1S/C26H24FN3O3S/c1-16(31)33-15-30(12-11-19-14-28-22-8-3-2-7-21(19)22)26(32)23-24(18-5-4-6-20(27)13-18)34-25(29-23)17-9-10-17/h2-8,13-14,17,28H,9-12,15H2,1H3. The highest BCUT2D eigenvalue weighted by Crippen LogP contribution is 2.45. The molecule has 174 valence electrons. The summed E-state index contributed by atoms with van der Waals surface area (Å²) in [5.74, 6) is -0.809. The number of fused-ring (bicyclic) bond motifs is 1. The van der Waals surface area contributed by atoms with Crippen LogP contribution in [-0.4, -0.2) is 40.0 Å². The van der Waals surface area contributed by atoms with Gasteiger partial charge in [-0.2, -0.15) is 0 Å². The lowest BCUT2D eigenvalue weighted by Crippen LogP contribution is -2.36. The van der Waals surface area contributed by atoms with Crippen LogP contribution in [0.1, 0.15) is 46.7 Å². The van der Waals surface area contributed by atoms with Crippen LogP contribution in [0.5, 0.6) is 0 Å². The van der Waals surface area contributed by atoms with Gasteiger partial charge in [-0.25, -0.2) is 9.37 Å². The molecule has 0 bridgehead atoms. The summed E-state index contributed by atoms with van der Waals surface area (Å²) in [5, 5.41) is 1.99. The highest BCUT2D eigenvalue weighted by atomic mass is 32.1. The Morgan fingerprint density at radius 3 is 2.79 bits per heavy atom. The Labute approximate surface area is 200 Å². The number of nitrogens with zero attached hydrogens (tertiary/aromatic N) is 2. The summed E-state index contributed by atoms with van der Waals surface area (Å²) in [4.78, 5) is 35.3. The third-order valence-corrected chi connectivity index (χ3v) is 7.16. The molecule has 1 N–H and O–H groups in total. The lowest BCUT2D eigenvalue weighted by molar-refractivity contribution is -0.144. The minimum absolute atomic E-state index is 0.171. The number of nitrogens with one attached hydrogen (secondary N) is 1. The van der Waals surface area contributed by atoms with Crippen molar-refractivity contribution in [1.29, 1.82) is 0 Å². The van der Waals surface area contributed by atoms with Gasteiger partial charge in [0.15, 0.2) is 6.73 Å². The van der Waals surface area contributed by atoms with Crippen LogP contribution in [-0.2, 0) is 16.0 Å². The maximum Gasteiger partial charge on any atom is 0.304 e. The molecule has 1 aliphatic carbocycles. The van der Waals surface area contributed by atoms with Gasteiger partial charge in [0.1, 0.15) is 11.5 Å². The maximum absolute atomic E-state index is 14.0. The molecule has 0 spiro atoms. The minimum Gasteiger partial charge on any atom is -0.444 e. The molecule has 8 heteroatoms. The molecular weight excluding hydrogens is 453 g/mol. The second kappa shape index (κ2) is 9.38. The number of hydrogen-bond acceptors (Lipinski definition) is 5. The van der Waals surface area contributed by atoms with Crippen molar-refractivity contribution in [3.63, 3.8) is 0 Å². The molecule has 0 unspecified atom stereocenters. The molecule has 1 aliphatic rings. The highest BCUT2D eigenvalue weighted by Gasteiger charge is 2.32. The molecule has 4 aromatic rings. The number of thiazole rings is 1. The Morgan fingerprint density at radius 2 is 2.03 bits per heavy atom. The van der Waals surface area contributed by atoms with Crippen LogP contribution < -0.4 is 0 Å². The number of carbonyl (C=O) groups excluding carboxylic acids is 2. The Morgan fingerprint density at radius 1 is 1.21 bits per heavy atom. The van der Waals surface area contributed by atoms with Gasteiger partial charge >= 0.3 is 5.97 Å². The first-order valence-corrected chi connectivity index (χ1v) is 12.1. The van der Waals surface area contributed by atoms with E-state index in [1.807, 2.05) is 30.5 Å². The van der Waals surface area contributed by atoms with E-state index in [0.717, 1.165) is 34.3 Å². The van der Waals surface area contributed by atoms with Crippen molar-refractivity contribution in [2.45, 2.75) is 32.1 Å². The van der Waals surface area contributed by atoms with E-state index in [1.165, 1.54) is 35.3 Å². The summed E-state index contributed by atoms with van der Waals surface area (Å²) < 4.78 is 19.2. The number of aromatic nitrogens is 2. The van der Waals surface area contributed by atoms with E-state index in [0.29, 0.717) is 29.3 Å². The predicted molar refractivity (Wildman–Crippen MR) is 129 cm³/mol. The van der Waals surface area contributed by atoms with Crippen molar-refractivity contribution in [2.24, 2.45) is 0 Å². The number of hydrogen-bond donors (Lipinski definition) is 1. The van der Waals surface area contributed by atoms with Gasteiger partial charge in [-0.3, -0.25) is 9.59 Å². The number of benzene rings is 2. The van der Waals surface area contributed by atoms with Gasteiger partial charge in [0.05, 0.1) is 9.88 Å². The summed E-state index contributed by atoms with van der Waals surface area (Å²) >= 11 is 1.44. The van der Waals surface area contributed by atoms with E-state index in [-0.39, 0.29) is 24.1 Å². The van der Waals surface area contributed by atoms with Crippen molar-refractivity contribution in [3.8, 4) is 10.4 Å². The lowest BCUT2D eigenvalue weighted by Gasteiger charge is -2.21. The summed E-state index contributed by atoms with van der Waals surface area (Å²) in [7, 11) is 0. The number of halogens is 1. The van der Waals surface area contributed by atoms with Crippen molar-refractivity contribution >= 4 is 34.1 Å². The molecule has 0 atom stereocenters. The van der Waals surface area contributed by atoms with Gasteiger partial charge in [-0.1, -0.05) is 30.3 Å². The fraction of sp³-hybridized carbons (Fsp3) is 0.269. The largest absolute Gasteiger partial charge is 0.444 e. The molecular formula is C26H24FN3O3S. The summed E-state index contributed by atoms with van der Waals surface area (Å²) in [6.45, 7) is 1.48. The molecule has 0 saturated heterocycles. The van der Waals surface area contributed by atoms with E-state index in [9.17, 15) is 14.0 Å². The average Bonchev–Trinajstić information content (AvgIpc) is 3.45. The molecule has 34 heavy (non-hydrogen) atoms. The first-order valence-electron chi connectivity index (χ1n) is 11.2. The van der Waals surface area contributed by atoms with Crippen molar-refractivity contribution in [3.05, 3.63) is 76.8 Å². The summed E-state index contributed by atoms with van der Waals surface area (Å²) in [5.41, 5.74) is 3.00. The van der Waals surface area contributed by atoms with E-state index < -0.39 is 5.97 Å². The number of carbonyl (C=O) groups is 2. The van der Waals surface area contributed by atoms with E-state index in [2.05, 4.69) is 9.97 Å². The van der Waals surface area contributed by atoms with Gasteiger partial charge in [0.2, 0.25) is 0 Å². The number of ether oxygens (including phenoxy) is 1. The topological polar surface area (TPSA) is 75.3 Å². The van der Waals surface area contributed by atoms with E-state index >= 15 is 0 Å². The second-order valence-corrected chi connectivity index (χ2v) is 9.49. The van der Waals surface area contributed by atoms with Crippen LogP contribution in [0.25, 0.3) is 21.3 Å². The zero-order valence-electron chi connectivity index (χ0n) is 18.7. The number of H-pyrrole nitrogens is 1.